The number of methoxy groups -OCH3 is 1. The van der Waals surface area contributed by atoms with E-state index in [-0.39, 0.29) is 0 Å². The third-order valence-electron chi connectivity index (χ3n) is 3.75. The third kappa shape index (κ3) is 5.36. The summed E-state index contributed by atoms with van der Waals surface area (Å²) in [4.78, 5) is 0. The van der Waals surface area contributed by atoms with Crippen molar-refractivity contribution in [3.8, 4) is 0 Å². The van der Waals surface area contributed by atoms with Crippen molar-refractivity contribution in [3.05, 3.63) is 0 Å². The highest BCUT2D eigenvalue weighted by Crippen LogP contribution is 2.28. The van der Waals surface area contributed by atoms with Crippen molar-refractivity contribution < 1.29 is 9.47 Å². The third-order valence-corrected chi connectivity index (χ3v) is 3.75. The van der Waals surface area contributed by atoms with Gasteiger partial charge in [-0.25, -0.2) is 0 Å². The highest BCUT2D eigenvalue weighted by molar-refractivity contribution is 4.85. The first-order chi connectivity index (χ1) is 8.31. The molecule has 0 bridgehead atoms. The SMILES string of the molecule is CCCNC1CCC(CC)CC1OCCOC. The summed E-state index contributed by atoms with van der Waals surface area (Å²) in [6.45, 7) is 7.03. The predicted molar refractivity (Wildman–Crippen MR) is 71.3 cm³/mol. The molecule has 3 atom stereocenters. The van der Waals surface area contributed by atoms with E-state index >= 15 is 0 Å². The van der Waals surface area contributed by atoms with E-state index in [4.69, 9.17) is 9.47 Å². The van der Waals surface area contributed by atoms with Gasteiger partial charge in [-0.1, -0.05) is 20.3 Å². The molecule has 0 aliphatic heterocycles. The van der Waals surface area contributed by atoms with Crippen molar-refractivity contribution in [1.82, 2.24) is 5.32 Å². The fraction of sp³-hybridized carbons (Fsp3) is 1.00. The Morgan fingerprint density at radius 2 is 2.00 bits per heavy atom. The normalized spacial score (nSPS) is 29.5. The van der Waals surface area contributed by atoms with Gasteiger partial charge in [-0.2, -0.15) is 0 Å². The van der Waals surface area contributed by atoms with Crippen LogP contribution >= 0.6 is 0 Å². The van der Waals surface area contributed by atoms with Gasteiger partial charge in [0.05, 0.1) is 19.3 Å². The average Bonchev–Trinajstić information content (AvgIpc) is 2.37. The van der Waals surface area contributed by atoms with Crippen molar-refractivity contribution in [2.75, 3.05) is 26.9 Å². The first-order valence-electron chi connectivity index (χ1n) is 7.15. The van der Waals surface area contributed by atoms with Gasteiger partial charge in [-0.15, -0.1) is 0 Å². The molecule has 0 aromatic carbocycles. The van der Waals surface area contributed by atoms with E-state index in [1.807, 2.05) is 0 Å². The molecule has 0 saturated heterocycles. The van der Waals surface area contributed by atoms with Crippen molar-refractivity contribution >= 4 is 0 Å². The van der Waals surface area contributed by atoms with Crippen molar-refractivity contribution in [3.63, 3.8) is 0 Å². The van der Waals surface area contributed by atoms with Crippen LogP contribution in [0.3, 0.4) is 0 Å². The molecule has 3 nitrogen and oxygen atoms in total. The predicted octanol–water partition coefficient (Wildman–Crippen LogP) is 2.60. The number of hydrogen-bond donors (Lipinski definition) is 1. The molecule has 0 aromatic rings. The zero-order valence-electron chi connectivity index (χ0n) is 11.7. The largest absolute Gasteiger partial charge is 0.382 e. The Bertz CT molecular complexity index is 187. The van der Waals surface area contributed by atoms with Crippen molar-refractivity contribution in [2.24, 2.45) is 5.92 Å². The molecule has 102 valence electrons. The molecule has 0 heterocycles. The molecule has 3 unspecified atom stereocenters. The van der Waals surface area contributed by atoms with E-state index in [1.54, 1.807) is 7.11 Å². The van der Waals surface area contributed by atoms with Crippen LogP contribution < -0.4 is 5.32 Å². The lowest BCUT2D eigenvalue weighted by Gasteiger charge is -2.36. The highest BCUT2D eigenvalue weighted by Gasteiger charge is 2.29. The lowest BCUT2D eigenvalue weighted by Crippen LogP contribution is -2.46. The van der Waals surface area contributed by atoms with Gasteiger partial charge < -0.3 is 14.8 Å². The van der Waals surface area contributed by atoms with Crippen molar-refractivity contribution in [1.29, 1.82) is 0 Å². The molecule has 17 heavy (non-hydrogen) atoms. The second kappa shape index (κ2) is 8.90. The van der Waals surface area contributed by atoms with E-state index in [9.17, 15) is 0 Å². The second-order valence-corrected chi connectivity index (χ2v) is 5.05. The summed E-state index contributed by atoms with van der Waals surface area (Å²) >= 11 is 0. The minimum Gasteiger partial charge on any atom is -0.382 e. The summed E-state index contributed by atoms with van der Waals surface area (Å²) in [5, 5.41) is 3.63. The fourth-order valence-electron chi connectivity index (χ4n) is 2.61. The Morgan fingerprint density at radius 3 is 2.65 bits per heavy atom. The summed E-state index contributed by atoms with van der Waals surface area (Å²) in [6, 6.07) is 0.551. The second-order valence-electron chi connectivity index (χ2n) is 5.05. The van der Waals surface area contributed by atoms with Crippen LogP contribution in [-0.2, 0) is 9.47 Å². The lowest BCUT2D eigenvalue weighted by atomic mass is 9.82. The highest BCUT2D eigenvalue weighted by atomic mass is 16.5. The molecule has 1 rings (SSSR count). The number of nitrogens with one attached hydrogen (secondary N) is 1. The van der Waals surface area contributed by atoms with Crippen LogP contribution in [-0.4, -0.2) is 39.0 Å². The number of hydrogen-bond acceptors (Lipinski definition) is 3. The monoisotopic (exact) mass is 243 g/mol. The first-order valence-corrected chi connectivity index (χ1v) is 7.15. The first kappa shape index (κ1) is 14.9. The van der Waals surface area contributed by atoms with Gasteiger partial charge >= 0.3 is 0 Å². The Balaban J connectivity index is 2.37. The van der Waals surface area contributed by atoms with Crippen LogP contribution in [0.2, 0.25) is 0 Å². The van der Waals surface area contributed by atoms with E-state index in [0.717, 1.165) is 19.1 Å². The van der Waals surface area contributed by atoms with Crippen molar-refractivity contribution in [2.45, 2.75) is 58.1 Å². The van der Waals surface area contributed by atoms with Crippen LogP contribution in [0.5, 0.6) is 0 Å². The molecule has 0 spiro atoms. The number of rotatable bonds is 8. The molecular weight excluding hydrogens is 214 g/mol. The van der Waals surface area contributed by atoms with Gasteiger partial charge in [0.15, 0.2) is 0 Å². The fourth-order valence-corrected chi connectivity index (χ4v) is 2.61. The molecule has 0 aromatic heterocycles. The summed E-state index contributed by atoms with van der Waals surface area (Å²) in [6.07, 6.45) is 6.68. The molecule has 0 radical (unpaired) electrons. The lowest BCUT2D eigenvalue weighted by molar-refractivity contribution is -0.0298. The standard InChI is InChI=1S/C14H29NO2/c1-4-8-15-13-7-6-12(5-2)11-14(13)17-10-9-16-3/h12-15H,4-11H2,1-3H3. The van der Waals surface area contributed by atoms with Gasteiger partial charge in [-0.3, -0.25) is 0 Å². The van der Waals surface area contributed by atoms with E-state index in [0.29, 0.717) is 18.8 Å². The molecular formula is C14H29NO2. The minimum atomic E-state index is 0.385. The van der Waals surface area contributed by atoms with Crippen LogP contribution in [0.15, 0.2) is 0 Å². The smallest absolute Gasteiger partial charge is 0.0731 e. The Hall–Kier alpha value is -0.120. The van der Waals surface area contributed by atoms with Crippen LogP contribution in [0, 0.1) is 5.92 Å². The van der Waals surface area contributed by atoms with Gasteiger partial charge in [0.1, 0.15) is 0 Å². The van der Waals surface area contributed by atoms with E-state index in [1.165, 1.54) is 32.1 Å². The minimum absolute atomic E-state index is 0.385. The average molecular weight is 243 g/mol. The quantitative estimate of drug-likeness (QED) is 0.665. The van der Waals surface area contributed by atoms with Crippen LogP contribution in [0.25, 0.3) is 0 Å². The van der Waals surface area contributed by atoms with Crippen LogP contribution in [0.4, 0.5) is 0 Å². The van der Waals surface area contributed by atoms with Crippen LogP contribution in [0.1, 0.15) is 46.0 Å². The molecule has 1 aliphatic carbocycles. The Labute approximate surface area is 106 Å². The van der Waals surface area contributed by atoms with Gasteiger partial charge in [0.25, 0.3) is 0 Å². The molecule has 1 saturated carbocycles. The molecule has 1 N–H and O–H groups in total. The van der Waals surface area contributed by atoms with Gasteiger partial charge in [-0.05, 0) is 38.1 Å². The maximum absolute atomic E-state index is 5.98. The summed E-state index contributed by atoms with van der Waals surface area (Å²) in [5.41, 5.74) is 0. The molecule has 1 fully saturated rings. The molecule has 3 heteroatoms. The van der Waals surface area contributed by atoms with Gasteiger partial charge in [0, 0.05) is 13.2 Å². The maximum atomic E-state index is 5.98. The summed E-state index contributed by atoms with van der Waals surface area (Å²) in [7, 11) is 1.73. The zero-order chi connectivity index (χ0) is 12.5. The maximum Gasteiger partial charge on any atom is 0.0731 e. The van der Waals surface area contributed by atoms with Gasteiger partial charge in [0.2, 0.25) is 0 Å². The summed E-state index contributed by atoms with van der Waals surface area (Å²) in [5.74, 6) is 0.849. The Kier molecular flexibility index (Phi) is 7.82. The Morgan fingerprint density at radius 1 is 1.18 bits per heavy atom. The molecule has 0 amide bonds. The van der Waals surface area contributed by atoms with E-state index < -0.39 is 0 Å². The topological polar surface area (TPSA) is 30.5 Å². The molecule has 1 aliphatic rings. The zero-order valence-corrected chi connectivity index (χ0v) is 11.7. The van der Waals surface area contributed by atoms with E-state index in [2.05, 4.69) is 19.2 Å². The number of ether oxygens (including phenoxy) is 2. The summed E-state index contributed by atoms with van der Waals surface area (Å²) < 4.78 is 11.0.